The maximum atomic E-state index is 12.9. The van der Waals surface area contributed by atoms with Crippen LogP contribution in [0.1, 0.15) is 34.0 Å². The number of nitrogens with one attached hydrogen (secondary N) is 2. The standard InChI is InChI=1S/C15H21N7OS.ClH/c1-10-17-15(24-20-10)22-6-2-5-21(7-8-22)14(23)13-11-9-16-4-3-12(11)18-19-13;/h16H,2-9H2,1H3,(H,18,19);1H. The lowest BCUT2D eigenvalue weighted by Gasteiger charge is -2.21. The van der Waals surface area contributed by atoms with Crippen molar-refractivity contribution in [1.29, 1.82) is 0 Å². The van der Waals surface area contributed by atoms with Crippen LogP contribution in [0.3, 0.4) is 0 Å². The number of nitrogens with zero attached hydrogens (tertiary/aromatic N) is 5. The Morgan fingerprint density at radius 1 is 1.24 bits per heavy atom. The summed E-state index contributed by atoms with van der Waals surface area (Å²) in [5.41, 5.74) is 2.71. The SMILES string of the molecule is Cc1nsc(N2CCCN(C(=O)c3n[nH]c4c3CNCC4)CC2)n1.Cl. The smallest absolute Gasteiger partial charge is 0.274 e. The van der Waals surface area contributed by atoms with Gasteiger partial charge in [-0.1, -0.05) is 0 Å². The number of anilines is 1. The van der Waals surface area contributed by atoms with Gasteiger partial charge in [-0.05, 0) is 13.3 Å². The molecule has 0 aromatic carbocycles. The van der Waals surface area contributed by atoms with E-state index in [-0.39, 0.29) is 18.3 Å². The number of fused-ring (bicyclic) bond motifs is 1. The van der Waals surface area contributed by atoms with Crippen LogP contribution in [0.5, 0.6) is 0 Å². The predicted molar refractivity (Wildman–Crippen MR) is 98.6 cm³/mol. The fourth-order valence-corrected chi connectivity index (χ4v) is 4.00. The first kappa shape index (κ1) is 18.1. The van der Waals surface area contributed by atoms with E-state index in [2.05, 4.69) is 29.8 Å². The summed E-state index contributed by atoms with van der Waals surface area (Å²) >= 11 is 1.43. The van der Waals surface area contributed by atoms with Crippen molar-refractivity contribution in [3.8, 4) is 0 Å². The van der Waals surface area contributed by atoms with E-state index in [9.17, 15) is 4.79 Å². The van der Waals surface area contributed by atoms with Crippen LogP contribution in [0.15, 0.2) is 0 Å². The van der Waals surface area contributed by atoms with E-state index >= 15 is 0 Å². The largest absolute Gasteiger partial charge is 0.345 e. The first-order valence-electron chi connectivity index (χ1n) is 8.34. The third kappa shape index (κ3) is 3.63. The van der Waals surface area contributed by atoms with E-state index in [0.29, 0.717) is 12.2 Å². The monoisotopic (exact) mass is 383 g/mol. The molecule has 25 heavy (non-hydrogen) atoms. The second kappa shape index (κ2) is 7.67. The lowest BCUT2D eigenvalue weighted by atomic mass is 10.1. The molecule has 0 saturated carbocycles. The van der Waals surface area contributed by atoms with Gasteiger partial charge in [-0.15, -0.1) is 12.4 Å². The van der Waals surface area contributed by atoms with Gasteiger partial charge in [-0.25, -0.2) is 4.98 Å². The third-order valence-corrected chi connectivity index (χ3v) is 5.45. The molecule has 0 bridgehead atoms. The van der Waals surface area contributed by atoms with E-state index in [1.807, 2.05) is 11.8 Å². The number of rotatable bonds is 2. The van der Waals surface area contributed by atoms with Gasteiger partial charge >= 0.3 is 0 Å². The average molecular weight is 384 g/mol. The van der Waals surface area contributed by atoms with Gasteiger partial charge in [0.25, 0.3) is 5.91 Å². The van der Waals surface area contributed by atoms with Crippen molar-refractivity contribution >= 4 is 35.0 Å². The van der Waals surface area contributed by atoms with Gasteiger partial charge in [0.05, 0.1) is 0 Å². The van der Waals surface area contributed by atoms with Gasteiger partial charge in [0, 0.05) is 68.5 Å². The Balaban J connectivity index is 0.00000182. The Kier molecular flexibility index (Phi) is 5.55. The van der Waals surface area contributed by atoms with Gasteiger partial charge in [0.15, 0.2) is 5.69 Å². The van der Waals surface area contributed by atoms with Crippen LogP contribution in [0.25, 0.3) is 0 Å². The lowest BCUT2D eigenvalue weighted by molar-refractivity contribution is 0.0759. The molecule has 0 aliphatic carbocycles. The highest BCUT2D eigenvalue weighted by Crippen LogP contribution is 2.21. The van der Waals surface area contributed by atoms with Gasteiger partial charge in [-0.3, -0.25) is 9.89 Å². The van der Waals surface area contributed by atoms with E-state index in [1.54, 1.807) is 0 Å². The first-order chi connectivity index (χ1) is 11.7. The first-order valence-corrected chi connectivity index (χ1v) is 9.11. The van der Waals surface area contributed by atoms with Crippen LogP contribution in [0, 0.1) is 6.92 Å². The Bertz CT molecular complexity index is 746. The van der Waals surface area contributed by atoms with Gasteiger partial charge in [0.2, 0.25) is 5.13 Å². The van der Waals surface area contributed by atoms with E-state index in [0.717, 1.165) is 67.8 Å². The third-order valence-electron chi connectivity index (χ3n) is 4.58. The summed E-state index contributed by atoms with van der Waals surface area (Å²) in [7, 11) is 0. The highest BCUT2D eigenvalue weighted by molar-refractivity contribution is 7.09. The zero-order valence-electron chi connectivity index (χ0n) is 14.1. The number of hydrogen-bond acceptors (Lipinski definition) is 7. The molecule has 2 aliphatic heterocycles. The maximum Gasteiger partial charge on any atom is 0.274 e. The van der Waals surface area contributed by atoms with Crippen molar-refractivity contribution in [3.05, 3.63) is 22.8 Å². The van der Waals surface area contributed by atoms with Crippen LogP contribution >= 0.6 is 23.9 Å². The normalized spacial score (nSPS) is 17.6. The molecule has 1 amide bonds. The molecule has 0 radical (unpaired) electrons. The topological polar surface area (TPSA) is 90.0 Å². The molecule has 0 atom stereocenters. The van der Waals surface area contributed by atoms with Crippen molar-refractivity contribution < 1.29 is 4.79 Å². The van der Waals surface area contributed by atoms with Gasteiger partial charge in [-0.2, -0.15) is 9.47 Å². The molecule has 4 heterocycles. The number of amides is 1. The second-order valence-corrected chi connectivity index (χ2v) is 6.94. The molecule has 1 saturated heterocycles. The van der Waals surface area contributed by atoms with Crippen molar-refractivity contribution in [2.24, 2.45) is 0 Å². The molecule has 2 N–H and O–H groups in total. The Labute approximate surface area is 156 Å². The molecule has 1 fully saturated rings. The lowest BCUT2D eigenvalue weighted by Crippen LogP contribution is -2.36. The number of halogens is 1. The molecule has 136 valence electrons. The number of aromatic nitrogens is 4. The number of aryl methyl sites for hydroxylation is 1. The summed E-state index contributed by atoms with van der Waals surface area (Å²) < 4.78 is 4.25. The summed E-state index contributed by atoms with van der Waals surface area (Å²) in [6.07, 6.45) is 1.83. The minimum absolute atomic E-state index is 0. The molecule has 2 aromatic heterocycles. The van der Waals surface area contributed by atoms with Crippen molar-refractivity contribution in [3.63, 3.8) is 0 Å². The minimum atomic E-state index is 0. The molecular weight excluding hydrogens is 362 g/mol. The number of H-pyrrole nitrogens is 1. The van der Waals surface area contributed by atoms with E-state index in [4.69, 9.17) is 0 Å². The molecule has 0 spiro atoms. The molecular formula is C15H22ClN7OS. The number of carbonyl (C=O) groups excluding carboxylic acids is 1. The fourth-order valence-electron chi connectivity index (χ4n) is 3.28. The summed E-state index contributed by atoms with van der Waals surface area (Å²) in [6, 6.07) is 0. The number of aromatic amines is 1. The van der Waals surface area contributed by atoms with Crippen molar-refractivity contribution in [1.82, 2.24) is 29.8 Å². The van der Waals surface area contributed by atoms with Crippen LogP contribution < -0.4 is 10.2 Å². The van der Waals surface area contributed by atoms with E-state index < -0.39 is 0 Å². The zero-order chi connectivity index (χ0) is 16.5. The van der Waals surface area contributed by atoms with Crippen molar-refractivity contribution in [2.45, 2.75) is 26.3 Å². The summed E-state index contributed by atoms with van der Waals surface area (Å²) in [6.45, 7) is 6.68. The predicted octanol–water partition coefficient (Wildman–Crippen LogP) is 0.990. The van der Waals surface area contributed by atoms with Gasteiger partial charge in [0.1, 0.15) is 5.82 Å². The quantitative estimate of drug-likeness (QED) is 0.803. The number of carbonyl (C=O) groups is 1. The Morgan fingerprint density at radius 2 is 2.12 bits per heavy atom. The molecule has 4 rings (SSSR count). The molecule has 2 aromatic rings. The average Bonchev–Trinajstić information content (AvgIpc) is 3.13. The zero-order valence-corrected chi connectivity index (χ0v) is 15.8. The maximum absolute atomic E-state index is 12.9. The summed E-state index contributed by atoms with van der Waals surface area (Å²) in [4.78, 5) is 21.5. The van der Waals surface area contributed by atoms with Gasteiger partial charge < -0.3 is 15.1 Å². The van der Waals surface area contributed by atoms with E-state index in [1.165, 1.54) is 11.5 Å². The molecule has 0 unspecified atom stereocenters. The van der Waals surface area contributed by atoms with Crippen LogP contribution in [-0.4, -0.2) is 63.1 Å². The Morgan fingerprint density at radius 3 is 2.92 bits per heavy atom. The summed E-state index contributed by atoms with van der Waals surface area (Å²) in [5, 5.41) is 11.6. The van der Waals surface area contributed by atoms with Crippen LogP contribution in [0.4, 0.5) is 5.13 Å². The fraction of sp³-hybridized carbons (Fsp3) is 0.600. The molecule has 2 aliphatic rings. The van der Waals surface area contributed by atoms with Crippen molar-refractivity contribution in [2.75, 3.05) is 37.6 Å². The molecule has 10 heteroatoms. The Hall–Kier alpha value is -1.71. The highest BCUT2D eigenvalue weighted by atomic mass is 35.5. The van der Waals surface area contributed by atoms with Crippen LogP contribution in [-0.2, 0) is 13.0 Å². The van der Waals surface area contributed by atoms with Crippen LogP contribution in [0.2, 0.25) is 0 Å². The highest BCUT2D eigenvalue weighted by Gasteiger charge is 2.27. The minimum Gasteiger partial charge on any atom is -0.345 e. The number of hydrogen-bond donors (Lipinski definition) is 2. The second-order valence-electron chi connectivity index (χ2n) is 6.21. The molecule has 8 nitrogen and oxygen atoms in total. The summed E-state index contributed by atoms with van der Waals surface area (Å²) in [5.74, 6) is 0.842.